The van der Waals surface area contributed by atoms with Crippen LogP contribution in [0.1, 0.15) is 30.6 Å². The summed E-state index contributed by atoms with van der Waals surface area (Å²) in [5.74, 6) is 0.354. The summed E-state index contributed by atoms with van der Waals surface area (Å²) in [5.41, 5.74) is 1.03. The minimum Gasteiger partial charge on any atom is -0.380 e. The van der Waals surface area contributed by atoms with Crippen molar-refractivity contribution in [1.29, 1.82) is 0 Å². The van der Waals surface area contributed by atoms with E-state index >= 15 is 0 Å². The van der Waals surface area contributed by atoms with Gasteiger partial charge in [0.1, 0.15) is 7.85 Å². The molecule has 0 aromatic heterocycles. The van der Waals surface area contributed by atoms with Crippen LogP contribution < -0.4 is 5.32 Å². The monoisotopic (exact) mass is 240 g/mol. The van der Waals surface area contributed by atoms with Crippen LogP contribution in [0.3, 0.4) is 0 Å². The van der Waals surface area contributed by atoms with Gasteiger partial charge in [-0.15, -0.1) is 0 Å². The standard InChI is InChI=1S/C14H17BN2O/c1-9-7-8-17-13(18)11-5-3-4-6-12(11)16-10(2)14(9,17)15/h3-6,9-10,16H,7-8H2,1-2H3. The second kappa shape index (κ2) is 3.77. The molecule has 2 aliphatic rings. The van der Waals surface area contributed by atoms with E-state index in [-0.39, 0.29) is 11.9 Å². The highest BCUT2D eigenvalue weighted by molar-refractivity contribution is 6.19. The minimum atomic E-state index is -0.587. The summed E-state index contributed by atoms with van der Waals surface area (Å²) < 4.78 is 0. The van der Waals surface area contributed by atoms with E-state index < -0.39 is 5.44 Å². The second-order valence-corrected chi connectivity index (χ2v) is 5.45. The number of rotatable bonds is 0. The molecule has 0 spiro atoms. The first kappa shape index (κ1) is 11.6. The highest BCUT2D eigenvalue weighted by atomic mass is 16.2. The molecule has 1 fully saturated rings. The van der Waals surface area contributed by atoms with Crippen molar-refractivity contribution in [3.8, 4) is 0 Å². The van der Waals surface area contributed by atoms with Crippen molar-refractivity contribution < 1.29 is 4.79 Å². The number of hydrogen-bond donors (Lipinski definition) is 1. The number of hydrogen-bond acceptors (Lipinski definition) is 2. The summed E-state index contributed by atoms with van der Waals surface area (Å²) in [7, 11) is 6.56. The lowest BCUT2D eigenvalue weighted by molar-refractivity contribution is 0.0669. The molecule has 0 saturated carbocycles. The largest absolute Gasteiger partial charge is 0.380 e. The summed E-state index contributed by atoms with van der Waals surface area (Å²) >= 11 is 0. The van der Waals surface area contributed by atoms with Crippen LogP contribution in [0.5, 0.6) is 0 Å². The number of nitrogens with one attached hydrogen (secondary N) is 1. The number of carbonyl (C=O) groups excluding carboxylic acids is 1. The zero-order chi connectivity index (χ0) is 12.9. The molecular weight excluding hydrogens is 223 g/mol. The predicted molar refractivity (Wildman–Crippen MR) is 72.8 cm³/mol. The number of benzene rings is 1. The molecule has 2 heterocycles. The molecular formula is C14H17BN2O. The maximum Gasteiger partial charge on any atom is 0.255 e. The van der Waals surface area contributed by atoms with E-state index in [4.69, 9.17) is 7.85 Å². The van der Waals surface area contributed by atoms with E-state index in [1.54, 1.807) is 0 Å². The average Bonchev–Trinajstić information content (AvgIpc) is 2.63. The summed E-state index contributed by atoms with van der Waals surface area (Å²) in [5, 5.41) is 3.41. The van der Waals surface area contributed by atoms with Gasteiger partial charge in [0.05, 0.1) is 5.56 Å². The number of fused-ring (bicyclic) bond motifs is 2. The molecule has 3 nitrogen and oxygen atoms in total. The van der Waals surface area contributed by atoms with Gasteiger partial charge in [0.25, 0.3) is 5.91 Å². The molecule has 2 aliphatic heterocycles. The molecule has 18 heavy (non-hydrogen) atoms. The lowest BCUT2D eigenvalue weighted by Gasteiger charge is -2.42. The Morgan fingerprint density at radius 1 is 1.39 bits per heavy atom. The third-order valence-corrected chi connectivity index (χ3v) is 4.51. The van der Waals surface area contributed by atoms with Crippen molar-refractivity contribution in [2.24, 2.45) is 5.92 Å². The molecule has 1 aromatic rings. The molecule has 0 bridgehead atoms. The third kappa shape index (κ3) is 1.35. The Kier molecular flexibility index (Phi) is 2.44. The van der Waals surface area contributed by atoms with Gasteiger partial charge in [-0.1, -0.05) is 19.1 Å². The Morgan fingerprint density at radius 3 is 2.89 bits per heavy atom. The maximum absolute atomic E-state index is 12.6. The first-order valence-electron chi connectivity index (χ1n) is 6.51. The molecule has 2 radical (unpaired) electrons. The van der Waals surface area contributed by atoms with Crippen LogP contribution in [-0.2, 0) is 0 Å². The molecule has 3 atom stereocenters. The highest BCUT2D eigenvalue weighted by Crippen LogP contribution is 2.40. The van der Waals surface area contributed by atoms with E-state index in [1.165, 1.54) is 0 Å². The lowest BCUT2D eigenvalue weighted by atomic mass is 9.65. The van der Waals surface area contributed by atoms with Crippen LogP contribution in [0.4, 0.5) is 5.69 Å². The predicted octanol–water partition coefficient (Wildman–Crippen LogP) is 1.85. The van der Waals surface area contributed by atoms with Crippen LogP contribution in [0.2, 0.25) is 0 Å². The minimum absolute atomic E-state index is 0.0441. The molecule has 1 N–H and O–H groups in total. The number of nitrogens with zero attached hydrogens (tertiary/aromatic N) is 1. The van der Waals surface area contributed by atoms with E-state index in [0.717, 1.165) is 24.2 Å². The molecule has 3 rings (SSSR count). The summed E-state index contributed by atoms with van der Waals surface area (Å²) in [6.07, 6.45) is 0.969. The number of amides is 1. The Balaban J connectivity index is 2.14. The smallest absolute Gasteiger partial charge is 0.255 e. The summed E-state index contributed by atoms with van der Waals surface area (Å²) in [6, 6.07) is 7.69. The van der Waals surface area contributed by atoms with Crippen molar-refractivity contribution in [3.63, 3.8) is 0 Å². The van der Waals surface area contributed by atoms with Crippen molar-refractivity contribution in [2.45, 2.75) is 31.7 Å². The van der Waals surface area contributed by atoms with Crippen LogP contribution in [0, 0.1) is 5.92 Å². The van der Waals surface area contributed by atoms with Crippen molar-refractivity contribution in [3.05, 3.63) is 29.8 Å². The normalized spacial score (nSPS) is 34.6. The molecule has 0 aliphatic carbocycles. The molecule has 3 unspecified atom stereocenters. The van der Waals surface area contributed by atoms with Gasteiger partial charge in [0.2, 0.25) is 0 Å². The zero-order valence-corrected chi connectivity index (χ0v) is 10.8. The Labute approximate surface area is 109 Å². The summed E-state index contributed by atoms with van der Waals surface area (Å²) in [4.78, 5) is 14.5. The van der Waals surface area contributed by atoms with Gasteiger partial charge in [-0.3, -0.25) is 4.79 Å². The van der Waals surface area contributed by atoms with Gasteiger partial charge in [-0.25, -0.2) is 0 Å². The van der Waals surface area contributed by atoms with Crippen molar-refractivity contribution >= 4 is 19.4 Å². The topological polar surface area (TPSA) is 32.3 Å². The van der Waals surface area contributed by atoms with E-state index in [2.05, 4.69) is 19.2 Å². The molecule has 1 amide bonds. The van der Waals surface area contributed by atoms with Crippen molar-refractivity contribution in [2.75, 3.05) is 11.9 Å². The molecule has 1 saturated heterocycles. The lowest BCUT2D eigenvalue weighted by Crippen LogP contribution is -2.58. The van der Waals surface area contributed by atoms with E-state index in [1.807, 2.05) is 29.2 Å². The third-order valence-electron chi connectivity index (χ3n) is 4.51. The number of para-hydroxylation sites is 1. The molecule has 1 aromatic carbocycles. The Hall–Kier alpha value is -1.45. The van der Waals surface area contributed by atoms with Crippen LogP contribution in [-0.4, -0.2) is 36.7 Å². The fourth-order valence-electron chi connectivity index (χ4n) is 3.24. The van der Waals surface area contributed by atoms with Gasteiger partial charge in [-0.05, 0) is 31.4 Å². The molecule has 92 valence electrons. The Bertz CT molecular complexity index is 504. The number of carbonyl (C=O) groups is 1. The van der Waals surface area contributed by atoms with Gasteiger partial charge < -0.3 is 10.2 Å². The fraction of sp³-hybridized carbons (Fsp3) is 0.500. The molecule has 4 heteroatoms. The fourth-order valence-corrected chi connectivity index (χ4v) is 3.24. The van der Waals surface area contributed by atoms with Crippen LogP contribution in [0.25, 0.3) is 0 Å². The van der Waals surface area contributed by atoms with Gasteiger partial charge in [0, 0.05) is 23.7 Å². The second-order valence-electron chi connectivity index (χ2n) is 5.45. The first-order chi connectivity index (χ1) is 8.55. The Morgan fingerprint density at radius 2 is 2.11 bits per heavy atom. The summed E-state index contributed by atoms with van der Waals surface area (Å²) in [6.45, 7) is 4.93. The van der Waals surface area contributed by atoms with Gasteiger partial charge in [-0.2, -0.15) is 0 Å². The SMILES string of the molecule is [B]C12C(C)CCN1C(=O)c1ccccc1NC2C. The number of anilines is 1. The first-order valence-corrected chi connectivity index (χ1v) is 6.51. The van der Waals surface area contributed by atoms with Crippen LogP contribution in [0.15, 0.2) is 24.3 Å². The zero-order valence-electron chi connectivity index (χ0n) is 10.8. The van der Waals surface area contributed by atoms with E-state index in [0.29, 0.717) is 5.92 Å². The van der Waals surface area contributed by atoms with E-state index in [9.17, 15) is 4.79 Å². The van der Waals surface area contributed by atoms with Crippen LogP contribution >= 0.6 is 0 Å². The van der Waals surface area contributed by atoms with Crippen molar-refractivity contribution in [1.82, 2.24) is 4.90 Å². The average molecular weight is 240 g/mol. The highest BCUT2D eigenvalue weighted by Gasteiger charge is 2.50. The maximum atomic E-state index is 12.6. The van der Waals surface area contributed by atoms with Gasteiger partial charge >= 0.3 is 0 Å². The van der Waals surface area contributed by atoms with Gasteiger partial charge in [0.15, 0.2) is 0 Å². The quantitative estimate of drug-likeness (QED) is 0.702.